The van der Waals surface area contributed by atoms with Crippen molar-refractivity contribution < 1.29 is 29.0 Å². The number of nitrogens with one attached hydrogen (secondary N) is 2. The average molecular weight is 394 g/mol. The summed E-state index contributed by atoms with van der Waals surface area (Å²) in [5, 5.41) is 14.7. The predicted octanol–water partition coefficient (Wildman–Crippen LogP) is 2.22. The quantitative estimate of drug-likeness (QED) is 0.561. The number of amides is 2. The van der Waals surface area contributed by atoms with Gasteiger partial charge in [0, 0.05) is 11.6 Å². The smallest absolute Gasteiger partial charge is 0.305 e. The normalized spacial score (nSPS) is 13.0. The second-order valence-electron chi connectivity index (χ2n) is 7.47. The SMILES string of the molecule is COc1cc(C(=O)NC(C)(CC(=O)O)C(C)C)ccc1OCC(=O)NC(C)C. The molecular weight excluding hydrogens is 364 g/mol. The maximum Gasteiger partial charge on any atom is 0.305 e. The number of carboxylic acid groups (broad SMARTS) is 1. The van der Waals surface area contributed by atoms with Crippen molar-refractivity contribution >= 4 is 17.8 Å². The Morgan fingerprint density at radius 3 is 2.29 bits per heavy atom. The Morgan fingerprint density at radius 1 is 1.14 bits per heavy atom. The van der Waals surface area contributed by atoms with Crippen molar-refractivity contribution in [2.45, 2.75) is 52.6 Å². The Morgan fingerprint density at radius 2 is 1.79 bits per heavy atom. The van der Waals surface area contributed by atoms with Crippen molar-refractivity contribution in [2.24, 2.45) is 5.92 Å². The number of hydrogen-bond donors (Lipinski definition) is 3. The van der Waals surface area contributed by atoms with Gasteiger partial charge in [-0.25, -0.2) is 0 Å². The summed E-state index contributed by atoms with van der Waals surface area (Å²) in [6.45, 7) is 8.92. The first-order valence-electron chi connectivity index (χ1n) is 9.13. The lowest BCUT2D eigenvalue weighted by Crippen LogP contribution is -2.51. The maximum absolute atomic E-state index is 12.6. The molecule has 0 aliphatic rings. The number of carboxylic acids is 1. The summed E-state index contributed by atoms with van der Waals surface area (Å²) in [6.07, 6.45) is -0.195. The minimum atomic E-state index is -0.988. The van der Waals surface area contributed by atoms with Crippen molar-refractivity contribution in [3.05, 3.63) is 23.8 Å². The van der Waals surface area contributed by atoms with Gasteiger partial charge in [-0.15, -0.1) is 0 Å². The van der Waals surface area contributed by atoms with Crippen molar-refractivity contribution in [3.63, 3.8) is 0 Å². The van der Waals surface area contributed by atoms with Crippen LogP contribution in [-0.4, -0.2) is 48.2 Å². The molecule has 8 nitrogen and oxygen atoms in total. The number of carbonyl (C=O) groups excluding carboxylic acids is 2. The van der Waals surface area contributed by atoms with Crippen LogP contribution in [0.4, 0.5) is 0 Å². The summed E-state index contributed by atoms with van der Waals surface area (Å²) in [6, 6.07) is 4.58. The van der Waals surface area contributed by atoms with E-state index in [-0.39, 0.29) is 30.9 Å². The Bertz CT molecular complexity index is 717. The molecule has 28 heavy (non-hydrogen) atoms. The third-order valence-corrected chi connectivity index (χ3v) is 4.43. The number of benzene rings is 1. The fourth-order valence-electron chi connectivity index (χ4n) is 2.47. The van der Waals surface area contributed by atoms with Crippen LogP contribution >= 0.6 is 0 Å². The standard InChI is InChI=1S/C20H30N2O6/c1-12(2)20(5,10-18(24)25)22-19(26)14-7-8-15(16(9-14)27-6)28-11-17(23)21-13(3)4/h7-9,12-13H,10-11H2,1-6H3,(H,21,23)(H,22,26)(H,24,25). The Kier molecular flexibility index (Phi) is 8.28. The van der Waals surface area contributed by atoms with Crippen LogP contribution in [0.3, 0.4) is 0 Å². The van der Waals surface area contributed by atoms with E-state index < -0.39 is 17.4 Å². The molecule has 0 bridgehead atoms. The van der Waals surface area contributed by atoms with E-state index in [4.69, 9.17) is 14.6 Å². The van der Waals surface area contributed by atoms with E-state index in [2.05, 4.69) is 10.6 Å². The van der Waals surface area contributed by atoms with E-state index in [1.54, 1.807) is 13.0 Å². The summed E-state index contributed by atoms with van der Waals surface area (Å²) < 4.78 is 10.7. The lowest BCUT2D eigenvalue weighted by Gasteiger charge is -2.33. The van der Waals surface area contributed by atoms with Crippen molar-refractivity contribution in [1.82, 2.24) is 10.6 Å². The van der Waals surface area contributed by atoms with Crippen LogP contribution in [-0.2, 0) is 9.59 Å². The number of ether oxygens (including phenoxy) is 2. The van der Waals surface area contributed by atoms with Crippen LogP contribution < -0.4 is 20.1 Å². The summed E-state index contributed by atoms with van der Waals surface area (Å²) in [5.74, 6) is -1.13. The highest BCUT2D eigenvalue weighted by atomic mass is 16.5. The fourth-order valence-corrected chi connectivity index (χ4v) is 2.47. The van der Waals surface area contributed by atoms with Gasteiger partial charge in [-0.1, -0.05) is 13.8 Å². The molecule has 0 radical (unpaired) electrons. The van der Waals surface area contributed by atoms with Gasteiger partial charge >= 0.3 is 5.97 Å². The first-order chi connectivity index (χ1) is 13.0. The zero-order valence-corrected chi connectivity index (χ0v) is 17.3. The van der Waals surface area contributed by atoms with Crippen LogP contribution in [0.2, 0.25) is 0 Å². The molecule has 3 N–H and O–H groups in total. The second kappa shape index (κ2) is 9.96. The highest BCUT2D eigenvalue weighted by Crippen LogP contribution is 2.29. The first kappa shape index (κ1) is 23.3. The molecule has 0 saturated heterocycles. The molecule has 0 saturated carbocycles. The van der Waals surface area contributed by atoms with Gasteiger partial charge in [-0.2, -0.15) is 0 Å². The van der Waals surface area contributed by atoms with E-state index in [1.807, 2.05) is 27.7 Å². The van der Waals surface area contributed by atoms with E-state index >= 15 is 0 Å². The molecular formula is C20H30N2O6. The van der Waals surface area contributed by atoms with Gasteiger partial charge < -0.3 is 25.2 Å². The van der Waals surface area contributed by atoms with Gasteiger partial charge in [0.15, 0.2) is 18.1 Å². The minimum absolute atomic E-state index is 0.00476. The molecule has 156 valence electrons. The van der Waals surface area contributed by atoms with Crippen molar-refractivity contribution in [2.75, 3.05) is 13.7 Å². The van der Waals surface area contributed by atoms with Gasteiger partial charge in [0.25, 0.3) is 11.8 Å². The number of rotatable bonds is 10. The molecule has 1 atom stereocenters. The second-order valence-corrected chi connectivity index (χ2v) is 7.47. The van der Waals surface area contributed by atoms with E-state index in [0.717, 1.165) is 0 Å². The van der Waals surface area contributed by atoms with Crippen LogP contribution in [0.15, 0.2) is 18.2 Å². The molecule has 8 heteroatoms. The first-order valence-corrected chi connectivity index (χ1v) is 9.13. The van der Waals surface area contributed by atoms with Crippen LogP contribution in [0.25, 0.3) is 0 Å². The highest BCUT2D eigenvalue weighted by Gasteiger charge is 2.33. The molecule has 1 rings (SSSR count). The molecule has 1 unspecified atom stereocenters. The number of hydrogen-bond acceptors (Lipinski definition) is 5. The molecule has 0 aliphatic carbocycles. The minimum Gasteiger partial charge on any atom is -0.493 e. The zero-order valence-electron chi connectivity index (χ0n) is 17.3. The summed E-state index contributed by atoms with van der Waals surface area (Å²) in [4.78, 5) is 35.5. The molecule has 0 fully saturated rings. The number of methoxy groups -OCH3 is 1. The summed E-state index contributed by atoms with van der Waals surface area (Å²) in [7, 11) is 1.43. The number of carbonyl (C=O) groups is 3. The lowest BCUT2D eigenvalue weighted by molar-refractivity contribution is -0.139. The molecule has 0 heterocycles. The van der Waals surface area contributed by atoms with E-state index in [0.29, 0.717) is 17.1 Å². The molecule has 0 aliphatic heterocycles. The summed E-state index contributed by atoms with van der Waals surface area (Å²) >= 11 is 0. The van der Waals surface area contributed by atoms with Gasteiger partial charge in [-0.05, 0) is 44.9 Å². The van der Waals surface area contributed by atoms with Gasteiger partial charge in [-0.3, -0.25) is 14.4 Å². The lowest BCUT2D eigenvalue weighted by atomic mass is 9.85. The van der Waals surface area contributed by atoms with Crippen molar-refractivity contribution in [3.8, 4) is 11.5 Å². The molecule has 0 spiro atoms. The predicted molar refractivity (Wildman–Crippen MR) is 105 cm³/mol. The monoisotopic (exact) mass is 394 g/mol. The van der Waals surface area contributed by atoms with Gasteiger partial charge in [0.1, 0.15) is 0 Å². The Hall–Kier alpha value is -2.77. The average Bonchev–Trinajstić information content (AvgIpc) is 2.58. The van der Waals surface area contributed by atoms with Crippen LogP contribution in [0.5, 0.6) is 11.5 Å². The van der Waals surface area contributed by atoms with E-state index in [9.17, 15) is 14.4 Å². The Labute approximate surface area is 165 Å². The topological polar surface area (TPSA) is 114 Å². The number of aliphatic carboxylic acids is 1. The largest absolute Gasteiger partial charge is 0.493 e. The fraction of sp³-hybridized carbons (Fsp3) is 0.550. The maximum atomic E-state index is 12.6. The molecule has 0 aromatic heterocycles. The van der Waals surface area contributed by atoms with Gasteiger partial charge in [0.05, 0.1) is 19.1 Å². The van der Waals surface area contributed by atoms with Crippen molar-refractivity contribution in [1.29, 1.82) is 0 Å². The van der Waals surface area contributed by atoms with Crippen LogP contribution in [0.1, 0.15) is 51.4 Å². The molecule has 1 aromatic rings. The third-order valence-electron chi connectivity index (χ3n) is 4.43. The van der Waals surface area contributed by atoms with Gasteiger partial charge in [0.2, 0.25) is 0 Å². The molecule has 2 amide bonds. The van der Waals surface area contributed by atoms with E-state index in [1.165, 1.54) is 19.2 Å². The Balaban J connectivity index is 2.93. The zero-order chi connectivity index (χ0) is 21.5. The molecule has 1 aromatic carbocycles. The third kappa shape index (κ3) is 6.75. The highest BCUT2D eigenvalue weighted by molar-refractivity contribution is 5.95. The summed E-state index contributed by atoms with van der Waals surface area (Å²) in [5.41, 5.74) is -0.603. The van der Waals surface area contributed by atoms with Crippen LogP contribution in [0, 0.1) is 5.92 Å².